The summed E-state index contributed by atoms with van der Waals surface area (Å²) < 4.78 is 5.18. The summed E-state index contributed by atoms with van der Waals surface area (Å²) in [5.41, 5.74) is 0.821. The van der Waals surface area contributed by atoms with Gasteiger partial charge in [-0.3, -0.25) is 14.4 Å². The third kappa shape index (κ3) is 4.25. The molecule has 7 nitrogen and oxygen atoms in total. The molecule has 0 bridgehead atoms. The molecule has 1 aromatic heterocycles. The number of nitrogens with one attached hydrogen (secondary N) is 1. The van der Waals surface area contributed by atoms with E-state index in [0.717, 1.165) is 5.69 Å². The number of hydrogen-bond donors (Lipinski definition) is 1. The Bertz CT molecular complexity index is 1040. The number of H-pyrrole nitrogens is 1. The number of ether oxygens (including phenoxy) is 1. The number of esters is 1. The van der Waals surface area contributed by atoms with Gasteiger partial charge in [0.15, 0.2) is 6.61 Å². The molecule has 3 aromatic rings. The summed E-state index contributed by atoms with van der Waals surface area (Å²) in [6.07, 6.45) is -0.141. The van der Waals surface area contributed by atoms with Gasteiger partial charge in [-0.15, -0.1) is 0 Å². The third-order valence-corrected chi connectivity index (χ3v) is 4.26. The molecule has 0 radical (unpaired) electrons. The van der Waals surface area contributed by atoms with Crippen molar-refractivity contribution >= 4 is 28.3 Å². The van der Waals surface area contributed by atoms with Crippen LogP contribution in [0.2, 0.25) is 0 Å². The maximum absolute atomic E-state index is 12.6. The number of hydrogen-bond acceptors (Lipinski definition) is 5. The molecule has 0 spiro atoms. The van der Waals surface area contributed by atoms with Crippen molar-refractivity contribution in [2.75, 3.05) is 11.5 Å². The quantitative estimate of drug-likeness (QED) is 0.664. The Morgan fingerprint density at radius 2 is 1.68 bits per heavy atom. The predicted octanol–water partition coefficient (Wildman–Crippen LogP) is 2.45. The van der Waals surface area contributed by atoms with Crippen LogP contribution in [0.25, 0.3) is 10.8 Å². The second-order valence-electron chi connectivity index (χ2n) is 6.58. The fourth-order valence-electron chi connectivity index (χ4n) is 3.02. The molecule has 7 heteroatoms. The molecule has 1 amide bonds. The number of anilines is 1. The molecule has 0 saturated carbocycles. The van der Waals surface area contributed by atoms with Crippen LogP contribution in [0, 0.1) is 0 Å². The highest BCUT2D eigenvalue weighted by Gasteiger charge is 2.21. The lowest BCUT2D eigenvalue weighted by Gasteiger charge is -2.26. The van der Waals surface area contributed by atoms with Gasteiger partial charge in [-0.1, -0.05) is 36.4 Å². The minimum atomic E-state index is -0.588. The van der Waals surface area contributed by atoms with Crippen LogP contribution in [0.4, 0.5) is 5.69 Å². The molecule has 0 aliphatic carbocycles. The highest BCUT2D eigenvalue weighted by Crippen LogP contribution is 2.17. The van der Waals surface area contributed by atoms with Gasteiger partial charge in [-0.2, -0.15) is 5.10 Å². The summed E-state index contributed by atoms with van der Waals surface area (Å²) in [7, 11) is 0. The Kier molecular flexibility index (Phi) is 5.84. The molecule has 144 valence electrons. The van der Waals surface area contributed by atoms with Gasteiger partial charge in [0, 0.05) is 17.1 Å². The van der Waals surface area contributed by atoms with Crippen LogP contribution in [0.1, 0.15) is 19.5 Å². The van der Waals surface area contributed by atoms with Crippen LogP contribution >= 0.6 is 0 Å². The average molecular weight is 379 g/mol. The molecular weight excluding hydrogens is 358 g/mol. The number of carbonyl (C=O) groups is 2. The summed E-state index contributed by atoms with van der Waals surface area (Å²) in [5, 5.41) is 7.37. The normalized spacial score (nSPS) is 10.8. The van der Waals surface area contributed by atoms with E-state index in [1.165, 1.54) is 0 Å². The molecule has 0 fully saturated rings. The Hall–Kier alpha value is -3.48. The highest BCUT2D eigenvalue weighted by atomic mass is 16.5. The van der Waals surface area contributed by atoms with Crippen LogP contribution in [0.3, 0.4) is 0 Å². The van der Waals surface area contributed by atoms with Gasteiger partial charge in [-0.25, -0.2) is 5.10 Å². The Morgan fingerprint density at radius 3 is 2.36 bits per heavy atom. The molecule has 0 saturated heterocycles. The van der Waals surface area contributed by atoms with Crippen LogP contribution in [0.5, 0.6) is 0 Å². The summed E-state index contributed by atoms with van der Waals surface area (Å²) >= 11 is 0. The molecule has 0 unspecified atom stereocenters. The zero-order valence-electron chi connectivity index (χ0n) is 15.7. The molecule has 0 aliphatic rings. The fourth-order valence-corrected chi connectivity index (χ4v) is 3.02. The lowest BCUT2D eigenvalue weighted by molar-refractivity contribution is -0.147. The molecule has 2 aromatic carbocycles. The minimum absolute atomic E-state index is 0.0848. The highest BCUT2D eigenvalue weighted by molar-refractivity contribution is 5.96. The van der Waals surface area contributed by atoms with E-state index < -0.39 is 5.97 Å². The van der Waals surface area contributed by atoms with Crippen molar-refractivity contribution in [2.45, 2.75) is 26.3 Å². The molecule has 1 N–H and O–H groups in total. The van der Waals surface area contributed by atoms with E-state index in [1.54, 1.807) is 29.2 Å². The third-order valence-electron chi connectivity index (χ3n) is 4.26. The van der Waals surface area contributed by atoms with Crippen LogP contribution in [-0.2, 0) is 20.7 Å². The van der Waals surface area contributed by atoms with Gasteiger partial charge in [0.1, 0.15) is 0 Å². The largest absolute Gasteiger partial charge is 0.455 e. The van der Waals surface area contributed by atoms with Gasteiger partial charge < -0.3 is 9.64 Å². The van der Waals surface area contributed by atoms with Crippen molar-refractivity contribution in [1.82, 2.24) is 10.2 Å². The van der Waals surface area contributed by atoms with Gasteiger partial charge in [0.05, 0.1) is 17.5 Å². The molecule has 3 rings (SSSR count). The van der Waals surface area contributed by atoms with Gasteiger partial charge in [0.2, 0.25) is 0 Å². The Labute approximate surface area is 161 Å². The van der Waals surface area contributed by atoms with Gasteiger partial charge in [0.25, 0.3) is 11.5 Å². The SMILES string of the molecule is CC(C)N(C(=O)COC(=O)Cc1n[nH]c(=O)c2ccccc12)c1ccccc1. The number of rotatable bonds is 6. The van der Waals surface area contributed by atoms with Crippen molar-refractivity contribution < 1.29 is 14.3 Å². The van der Waals surface area contributed by atoms with Crippen molar-refractivity contribution in [3.8, 4) is 0 Å². The van der Waals surface area contributed by atoms with E-state index in [0.29, 0.717) is 16.5 Å². The second kappa shape index (κ2) is 8.47. The Morgan fingerprint density at radius 1 is 1.04 bits per heavy atom. The monoisotopic (exact) mass is 379 g/mol. The first kappa shape index (κ1) is 19.3. The maximum atomic E-state index is 12.6. The Balaban J connectivity index is 1.68. The summed E-state index contributed by atoms with van der Waals surface area (Å²) in [4.78, 5) is 38.2. The van der Waals surface area contributed by atoms with E-state index in [2.05, 4.69) is 10.2 Å². The van der Waals surface area contributed by atoms with E-state index in [1.807, 2.05) is 44.2 Å². The van der Waals surface area contributed by atoms with E-state index in [-0.39, 0.29) is 30.5 Å². The van der Waals surface area contributed by atoms with Crippen LogP contribution in [0.15, 0.2) is 59.4 Å². The number of nitrogens with zero attached hydrogens (tertiary/aromatic N) is 2. The molecule has 1 heterocycles. The van der Waals surface area contributed by atoms with Crippen molar-refractivity contribution in [1.29, 1.82) is 0 Å². The van der Waals surface area contributed by atoms with E-state index in [4.69, 9.17) is 4.74 Å². The lowest BCUT2D eigenvalue weighted by Crippen LogP contribution is -2.40. The first-order valence-corrected chi connectivity index (χ1v) is 8.96. The number of aromatic nitrogens is 2. The average Bonchev–Trinajstić information content (AvgIpc) is 2.69. The van der Waals surface area contributed by atoms with E-state index in [9.17, 15) is 14.4 Å². The number of para-hydroxylation sites is 1. The topological polar surface area (TPSA) is 92.4 Å². The maximum Gasteiger partial charge on any atom is 0.312 e. The first-order valence-electron chi connectivity index (χ1n) is 8.96. The molecular formula is C21H21N3O4. The second-order valence-corrected chi connectivity index (χ2v) is 6.58. The smallest absolute Gasteiger partial charge is 0.312 e. The van der Waals surface area contributed by atoms with Crippen molar-refractivity contribution in [3.63, 3.8) is 0 Å². The number of benzene rings is 2. The van der Waals surface area contributed by atoms with E-state index >= 15 is 0 Å². The summed E-state index contributed by atoms with van der Waals surface area (Å²) in [5.74, 6) is -0.899. The number of amides is 1. The number of fused-ring (bicyclic) bond motifs is 1. The minimum Gasteiger partial charge on any atom is -0.455 e. The van der Waals surface area contributed by atoms with Crippen molar-refractivity contribution in [3.05, 3.63) is 70.6 Å². The number of carbonyl (C=O) groups excluding carboxylic acids is 2. The summed E-state index contributed by atoms with van der Waals surface area (Å²) in [6, 6.07) is 16.0. The molecule has 0 aliphatic heterocycles. The van der Waals surface area contributed by atoms with Crippen LogP contribution < -0.4 is 10.5 Å². The van der Waals surface area contributed by atoms with Crippen LogP contribution in [-0.4, -0.2) is 34.7 Å². The standard InChI is InChI=1S/C21H21N3O4/c1-14(2)24(15-8-4-3-5-9-15)19(25)13-28-20(26)12-18-16-10-6-7-11-17(16)21(27)23-22-18/h3-11,14H,12-13H2,1-2H3,(H,23,27). The lowest BCUT2D eigenvalue weighted by atomic mass is 10.1. The molecule has 28 heavy (non-hydrogen) atoms. The zero-order chi connectivity index (χ0) is 20.1. The number of aromatic amines is 1. The van der Waals surface area contributed by atoms with Gasteiger partial charge in [-0.05, 0) is 32.0 Å². The van der Waals surface area contributed by atoms with Gasteiger partial charge >= 0.3 is 5.97 Å². The fraction of sp³-hybridized carbons (Fsp3) is 0.238. The van der Waals surface area contributed by atoms with Crippen molar-refractivity contribution in [2.24, 2.45) is 0 Å². The summed E-state index contributed by atoms with van der Waals surface area (Å²) in [6.45, 7) is 3.42. The molecule has 0 atom stereocenters. The zero-order valence-corrected chi connectivity index (χ0v) is 15.7. The predicted molar refractivity (Wildman–Crippen MR) is 106 cm³/mol. The first-order chi connectivity index (χ1) is 13.5.